The van der Waals surface area contributed by atoms with Crippen LogP contribution < -0.4 is 0 Å². The second kappa shape index (κ2) is 7.95. The monoisotopic (exact) mass is 349 g/mol. The van der Waals surface area contributed by atoms with Gasteiger partial charge in [-0.3, -0.25) is 4.57 Å². The highest BCUT2D eigenvalue weighted by atomic mass is 32.2. The summed E-state index contributed by atoms with van der Waals surface area (Å²) in [7, 11) is 0. The third-order valence-corrected chi connectivity index (χ3v) is 4.66. The molecule has 0 saturated heterocycles. The van der Waals surface area contributed by atoms with E-state index in [4.69, 9.17) is 4.98 Å². The van der Waals surface area contributed by atoms with Crippen LogP contribution in [0.1, 0.15) is 31.3 Å². The zero-order valence-electron chi connectivity index (χ0n) is 14.1. The molecule has 5 nitrogen and oxygen atoms in total. The minimum atomic E-state index is 0.339. The van der Waals surface area contributed by atoms with E-state index in [2.05, 4.69) is 29.5 Å². The van der Waals surface area contributed by atoms with Crippen molar-refractivity contribution in [3.63, 3.8) is 0 Å². The summed E-state index contributed by atoms with van der Waals surface area (Å²) in [4.78, 5) is 13.8. The molecule has 0 amide bonds. The van der Waals surface area contributed by atoms with Gasteiger partial charge in [0.1, 0.15) is 17.4 Å². The second-order valence-corrected chi connectivity index (χ2v) is 6.53. The number of rotatable bonds is 7. The summed E-state index contributed by atoms with van der Waals surface area (Å²) in [6, 6.07) is 12.1. The van der Waals surface area contributed by atoms with Gasteiger partial charge in [-0.15, -0.1) is 6.58 Å². The number of hydrogen-bond acceptors (Lipinski definition) is 5. The highest BCUT2D eigenvalue weighted by Gasteiger charge is 2.19. The lowest BCUT2D eigenvalue weighted by molar-refractivity contribution is 0.752. The lowest BCUT2D eigenvalue weighted by atomic mass is 10.2. The molecule has 0 saturated carbocycles. The largest absolute Gasteiger partial charge is 0.271 e. The van der Waals surface area contributed by atoms with Crippen molar-refractivity contribution in [2.45, 2.75) is 31.3 Å². The van der Waals surface area contributed by atoms with Crippen molar-refractivity contribution in [2.24, 2.45) is 0 Å². The molecule has 0 fully saturated rings. The molecule has 126 valence electrons. The van der Waals surface area contributed by atoms with Gasteiger partial charge < -0.3 is 0 Å². The van der Waals surface area contributed by atoms with Gasteiger partial charge in [0.2, 0.25) is 0 Å². The van der Waals surface area contributed by atoms with Crippen molar-refractivity contribution in [3.8, 4) is 11.8 Å². The van der Waals surface area contributed by atoms with Crippen molar-refractivity contribution >= 4 is 22.9 Å². The van der Waals surface area contributed by atoms with Gasteiger partial charge in [-0.05, 0) is 18.6 Å². The van der Waals surface area contributed by atoms with E-state index in [-0.39, 0.29) is 0 Å². The Balaban J connectivity index is 2.24. The molecule has 0 atom stereocenters. The van der Waals surface area contributed by atoms with Gasteiger partial charge in [-0.1, -0.05) is 49.4 Å². The molecule has 2 aromatic heterocycles. The summed E-state index contributed by atoms with van der Waals surface area (Å²) in [6.45, 7) is 5.90. The summed E-state index contributed by atoms with van der Waals surface area (Å²) in [5.74, 6) is 1.43. The zero-order chi connectivity index (χ0) is 17.6. The number of fused-ring (bicyclic) bond motifs is 1. The first-order valence-corrected chi connectivity index (χ1v) is 9.25. The predicted octanol–water partition coefficient (Wildman–Crippen LogP) is 4.31. The van der Waals surface area contributed by atoms with E-state index in [0.717, 1.165) is 35.9 Å². The van der Waals surface area contributed by atoms with Gasteiger partial charge in [0.15, 0.2) is 16.5 Å². The molecule has 0 aliphatic rings. The number of benzene rings is 1. The quantitative estimate of drug-likeness (QED) is 0.470. The molecule has 25 heavy (non-hydrogen) atoms. The van der Waals surface area contributed by atoms with Crippen LogP contribution in [0.2, 0.25) is 0 Å². The van der Waals surface area contributed by atoms with Crippen molar-refractivity contribution in [2.75, 3.05) is 5.75 Å². The van der Waals surface area contributed by atoms with Crippen LogP contribution in [0, 0.1) is 11.3 Å². The number of aryl methyl sites for hydroxylation is 1. The van der Waals surface area contributed by atoms with Crippen molar-refractivity contribution < 1.29 is 0 Å². The van der Waals surface area contributed by atoms with Crippen LogP contribution in [0.4, 0.5) is 0 Å². The highest BCUT2D eigenvalue weighted by Crippen LogP contribution is 2.28. The summed E-state index contributed by atoms with van der Waals surface area (Å²) in [6.07, 6.45) is 4.65. The van der Waals surface area contributed by atoms with E-state index >= 15 is 0 Å². The number of imidazole rings is 1. The first-order valence-electron chi connectivity index (χ1n) is 8.27. The first-order chi connectivity index (χ1) is 12.3. The number of para-hydroxylation sites is 1. The maximum absolute atomic E-state index is 9.52. The van der Waals surface area contributed by atoms with Gasteiger partial charge in [0, 0.05) is 17.9 Å². The van der Waals surface area contributed by atoms with E-state index in [1.807, 2.05) is 41.0 Å². The van der Waals surface area contributed by atoms with Crippen LogP contribution >= 0.6 is 11.8 Å². The number of unbranched alkanes of at least 4 members (excludes halogenated alkanes) is 1. The lowest BCUT2D eigenvalue weighted by Gasteiger charge is -2.08. The predicted molar refractivity (Wildman–Crippen MR) is 101 cm³/mol. The Morgan fingerprint density at radius 2 is 2.04 bits per heavy atom. The summed E-state index contributed by atoms with van der Waals surface area (Å²) >= 11 is 1.57. The van der Waals surface area contributed by atoms with Gasteiger partial charge >= 0.3 is 0 Å². The van der Waals surface area contributed by atoms with Gasteiger partial charge in [-0.25, -0.2) is 15.0 Å². The minimum Gasteiger partial charge on any atom is -0.271 e. The van der Waals surface area contributed by atoms with Crippen LogP contribution in [-0.4, -0.2) is 25.3 Å². The first kappa shape index (κ1) is 17.2. The number of hydrogen-bond donors (Lipinski definition) is 0. The number of aromatic nitrogens is 4. The molecule has 0 spiro atoms. The van der Waals surface area contributed by atoms with E-state index in [0.29, 0.717) is 22.7 Å². The lowest BCUT2D eigenvalue weighted by Crippen LogP contribution is -2.03. The molecule has 6 heteroatoms. The maximum atomic E-state index is 9.52. The van der Waals surface area contributed by atoms with Crippen LogP contribution in [0.25, 0.3) is 16.9 Å². The van der Waals surface area contributed by atoms with Crippen LogP contribution in [0.15, 0.2) is 48.1 Å². The molecule has 0 radical (unpaired) electrons. The summed E-state index contributed by atoms with van der Waals surface area (Å²) < 4.78 is 2.00. The third kappa shape index (κ3) is 3.57. The number of thioether (sulfide) groups is 1. The smallest absolute Gasteiger partial charge is 0.175 e. The molecule has 0 aliphatic carbocycles. The molecule has 0 bridgehead atoms. The average Bonchev–Trinajstić information content (AvgIpc) is 3.02. The van der Waals surface area contributed by atoms with E-state index < -0.39 is 0 Å². The van der Waals surface area contributed by atoms with E-state index in [1.165, 1.54) is 0 Å². The number of nitrogens with zero attached hydrogens (tertiary/aromatic N) is 5. The normalized spacial score (nSPS) is 10.7. The molecular formula is C19H19N5S. The molecule has 1 aromatic carbocycles. The fraction of sp³-hybridized carbons (Fsp3) is 0.263. The van der Waals surface area contributed by atoms with Crippen LogP contribution in [0.3, 0.4) is 0 Å². The van der Waals surface area contributed by atoms with Crippen LogP contribution in [0.5, 0.6) is 0 Å². The molecule has 0 unspecified atom stereocenters. The average molecular weight is 349 g/mol. The molecule has 0 N–H and O–H groups in total. The fourth-order valence-corrected chi connectivity index (χ4v) is 3.29. The zero-order valence-corrected chi connectivity index (χ0v) is 15.0. The van der Waals surface area contributed by atoms with E-state index in [9.17, 15) is 5.26 Å². The number of nitriles is 1. The van der Waals surface area contributed by atoms with Crippen molar-refractivity contribution in [3.05, 3.63) is 54.5 Å². The van der Waals surface area contributed by atoms with Gasteiger partial charge in [0.25, 0.3) is 0 Å². The Kier molecular flexibility index (Phi) is 5.46. The van der Waals surface area contributed by atoms with E-state index in [1.54, 1.807) is 11.8 Å². The Hall–Kier alpha value is -2.65. The van der Waals surface area contributed by atoms with Crippen molar-refractivity contribution in [1.82, 2.24) is 19.5 Å². The second-order valence-electron chi connectivity index (χ2n) is 5.54. The molecule has 0 aliphatic heterocycles. The topological polar surface area (TPSA) is 67.4 Å². The molecule has 3 rings (SSSR count). The molecule has 2 heterocycles. The summed E-state index contributed by atoms with van der Waals surface area (Å²) in [5.41, 5.74) is 2.56. The Morgan fingerprint density at radius 1 is 1.24 bits per heavy atom. The minimum absolute atomic E-state index is 0.339. The highest BCUT2D eigenvalue weighted by molar-refractivity contribution is 7.99. The summed E-state index contributed by atoms with van der Waals surface area (Å²) in [5, 5.41) is 10.3. The Bertz CT molecular complexity index is 924. The van der Waals surface area contributed by atoms with Crippen LogP contribution in [-0.2, 0) is 6.42 Å². The Morgan fingerprint density at radius 3 is 2.72 bits per heavy atom. The molecular weight excluding hydrogens is 330 g/mol. The SMILES string of the molecule is C=CCSc1nc2c(C#N)nc(CCCC)nc2n1-c1ccccc1. The van der Waals surface area contributed by atoms with Crippen molar-refractivity contribution in [1.29, 1.82) is 5.26 Å². The van der Waals surface area contributed by atoms with Gasteiger partial charge in [-0.2, -0.15) is 5.26 Å². The third-order valence-electron chi connectivity index (χ3n) is 3.73. The Labute approximate surface area is 151 Å². The maximum Gasteiger partial charge on any atom is 0.175 e. The fourth-order valence-electron chi connectivity index (χ4n) is 2.55. The standard InChI is InChI=1S/C19H19N5S/c1-3-5-11-16-21-15(13-20)17-18(22-16)24(14-9-7-6-8-10-14)19(23-17)25-12-4-2/h4,6-10H,2-3,5,11-12H2,1H3. The van der Waals surface area contributed by atoms with Gasteiger partial charge in [0.05, 0.1) is 0 Å². The molecule has 3 aromatic rings.